The summed E-state index contributed by atoms with van der Waals surface area (Å²) in [6.07, 6.45) is 6.42. The monoisotopic (exact) mass is 245 g/mol. The third-order valence-electron chi connectivity index (χ3n) is 2.98. The van der Waals surface area contributed by atoms with E-state index >= 15 is 0 Å². The molecule has 1 heterocycles. The molecule has 4 heteroatoms. The van der Waals surface area contributed by atoms with Crippen molar-refractivity contribution in [3.8, 4) is 0 Å². The van der Waals surface area contributed by atoms with Gasteiger partial charge in [0.25, 0.3) is 0 Å². The molecule has 0 atom stereocenters. The van der Waals surface area contributed by atoms with Crippen LogP contribution in [0.2, 0.25) is 0 Å². The van der Waals surface area contributed by atoms with E-state index in [1.807, 2.05) is 6.92 Å². The van der Waals surface area contributed by atoms with Gasteiger partial charge >= 0.3 is 0 Å². The Balaban J connectivity index is 0.000000606. The molecule has 1 N–H and O–H groups in total. The van der Waals surface area contributed by atoms with E-state index in [1.54, 1.807) is 0 Å². The molecule has 16 heavy (non-hydrogen) atoms. The first kappa shape index (κ1) is 13.5. The first-order valence-corrected chi connectivity index (χ1v) is 6.31. The first-order valence-electron chi connectivity index (χ1n) is 5.78. The first-order chi connectivity index (χ1) is 7.81. The number of aryl methyl sites for hydroxylation is 1. The van der Waals surface area contributed by atoms with Gasteiger partial charge in [-0.2, -0.15) is 0 Å². The number of oxazole rings is 1. The molecule has 0 spiro atoms. The van der Waals surface area contributed by atoms with Crippen LogP contribution in [0.1, 0.15) is 55.4 Å². The van der Waals surface area contributed by atoms with Gasteiger partial charge < -0.3 is 9.52 Å². The Hall–Kier alpha value is -0.540. The molecule has 92 valence electrons. The van der Waals surface area contributed by atoms with Gasteiger partial charge in [0.2, 0.25) is 0 Å². The minimum atomic E-state index is 0.436. The molecule has 0 saturated heterocycles. The molecule has 0 radical (unpaired) electrons. The van der Waals surface area contributed by atoms with Gasteiger partial charge in [0.05, 0.1) is 11.6 Å². The van der Waals surface area contributed by atoms with Crippen LogP contribution in [-0.4, -0.2) is 17.2 Å². The quantitative estimate of drug-likeness (QED) is 0.813. The Kier molecular flexibility index (Phi) is 5.85. The summed E-state index contributed by atoms with van der Waals surface area (Å²) in [5, 5.41) is 7.00. The number of hydrogen-bond donors (Lipinski definition) is 1. The highest BCUT2D eigenvalue weighted by Gasteiger charge is 2.21. The zero-order chi connectivity index (χ0) is 12.0. The molecule has 1 fully saturated rings. The van der Waals surface area contributed by atoms with Crippen molar-refractivity contribution in [3.63, 3.8) is 0 Å². The van der Waals surface area contributed by atoms with E-state index in [4.69, 9.17) is 21.1 Å². The molecule has 0 unspecified atom stereocenters. The molecular formula is C12H20ClNO2. The average molecular weight is 246 g/mol. The number of aliphatic hydroxyl groups excluding tert-OH is 1. The topological polar surface area (TPSA) is 46.3 Å². The fourth-order valence-corrected chi connectivity index (χ4v) is 2.35. The lowest BCUT2D eigenvalue weighted by molar-refractivity contribution is 0.355. The van der Waals surface area contributed by atoms with Crippen LogP contribution in [0, 0.1) is 6.92 Å². The molecule has 1 saturated carbocycles. The predicted octanol–water partition coefficient (Wildman–Crippen LogP) is 3.38. The molecular weight excluding hydrogens is 226 g/mol. The number of rotatable bonds is 2. The van der Waals surface area contributed by atoms with Crippen LogP contribution in [-0.2, 0) is 5.88 Å². The van der Waals surface area contributed by atoms with Crippen molar-refractivity contribution in [2.24, 2.45) is 0 Å². The second-order valence-corrected chi connectivity index (χ2v) is 4.30. The Bertz CT molecular complexity index is 306. The van der Waals surface area contributed by atoms with Crippen molar-refractivity contribution < 1.29 is 9.52 Å². The van der Waals surface area contributed by atoms with E-state index < -0.39 is 0 Å². The fourth-order valence-electron chi connectivity index (χ4n) is 2.10. The SMILES string of the molecule is CO.Cc1nc(C2CCCCC2)oc1CCl. The summed E-state index contributed by atoms with van der Waals surface area (Å²) in [4.78, 5) is 4.45. The number of alkyl halides is 1. The van der Waals surface area contributed by atoms with E-state index in [0.29, 0.717) is 11.8 Å². The Morgan fingerprint density at radius 2 is 1.94 bits per heavy atom. The van der Waals surface area contributed by atoms with Gasteiger partial charge in [-0.25, -0.2) is 4.98 Å². The Morgan fingerprint density at radius 1 is 1.31 bits per heavy atom. The fraction of sp³-hybridized carbons (Fsp3) is 0.750. The van der Waals surface area contributed by atoms with Gasteiger partial charge in [0.15, 0.2) is 5.89 Å². The highest BCUT2D eigenvalue weighted by atomic mass is 35.5. The minimum Gasteiger partial charge on any atom is -0.444 e. The van der Waals surface area contributed by atoms with E-state index in [0.717, 1.165) is 24.5 Å². The summed E-state index contributed by atoms with van der Waals surface area (Å²) in [6, 6.07) is 0. The van der Waals surface area contributed by atoms with Gasteiger partial charge in [0.1, 0.15) is 5.76 Å². The molecule has 1 aromatic rings. The molecule has 1 aromatic heterocycles. The maximum atomic E-state index is 7.00. The van der Waals surface area contributed by atoms with Crippen LogP contribution in [0.15, 0.2) is 4.42 Å². The van der Waals surface area contributed by atoms with Crippen LogP contribution in [0.25, 0.3) is 0 Å². The maximum Gasteiger partial charge on any atom is 0.197 e. The van der Waals surface area contributed by atoms with Crippen molar-refractivity contribution in [3.05, 3.63) is 17.3 Å². The second-order valence-electron chi connectivity index (χ2n) is 4.03. The highest BCUT2D eigenvalue weighted by molar-refractivity contribution is 6.16. The Morgan fingerprint density at radius 3 is 2.44 bits per heavy atom. The summed E-state index contributed by atoms with van der Waals surface area (Å²) in [6.45, 7) is 1.97. The smallest absolute Gasteiger partial charge is 0.197 e. The second kappa shape index (κ2) is 6.92. The highest BCUT2D eigenvalue weighted by Crippen LogP contribution is 2.33. The number of aliphatic hydroxyl groups is 1. The van der Waals surface area contributed by atoms with E-state index in [-0.39, 0.29) is 0 Å². The van der Waals surface area contributed by atoms with Crippen LogP contribution in [0.3, 0.4) is 0 Å². The third-order valence-corrected chi connectivity index (χ3v) is 3.23. The maximum absolute atomic E-state index is 7.00. The van der Waals surface area contributed by atoms with Crippen LogP contribution in [0.5, 0.6) is 0 Å². The van der Waals surface area contributed by atoms with Gasteiger partial charge in [-0.3, -0.25) is 0 Å². The summed E-state index contributed by atoms with van der Waals surface area (Å²) in [5.41, 5.74) is 0.959. The molecule has 0 aromatic carbocycles. The lowest BCUT2D eigenvalue weighted by Crippen LogP contribution is -2.04. The van der Waals surface area contributed by atoms with Gasteiger partial charge in [-0.1, -0.05) is 19.3 Å². The van der Waals surface area contributed by atoms with Crippen molar-refractivity contribution in [2.45, 2.75) is 50.8 Å². The molecule has 0 amide bonds. The Labute approximate surface area is 102 Å². The average Bonchev–Trinajstić information content (AvgIpc) is 2.74. The molecule has 1 aliphatic carbocycles. The summed E-state index contributed by atoms with van der Waals surface area (Å²) in [7, 11) is 1.00. The lowest BCUT2D eigenvalue weighted by atomic mass is 9.89. The zero-order valence-corrected chi connectivity index (χ0v) is 10.8. The normalized spacial score (nSPS) is 16.8. The van der Waals surface area contributed by atoms with Crippen LogP contribution < -0.4 is 0 Å². The van der Waals surface area contributed by atoms with Crippen molar-refractivity contribution >= 4 is 11.6 Å². The van der Waals surface area contributed by atoms with Gasteiger partial charge in [-0.05, 0) is 19.8 Å². The van der Waals surface area contributed by atoms with Gasteiger partial charge in [0, 0.05) is 13.0 Å². The summed E-state index contributed by atoms with van der Waals surface area (Å²) >= 11 is 5.75. The van der Waals surface area contributed by atoms with Crippen LogP contribution >= 0.6 is 11.6 Å². The molecule has 0 aliphatic heterocycles. The van der Waals surface area contributed by atoms with E-state index in [2.05, 4.69) is 4.98 Å². The number of hydrogen-bond acceptors (Lipinski definition) is 3. The predicted molar refractivity (Wildman–Crippen MR) is 64.8 cm³/mol. The van der Waals surface area contributed by atoms with Gasteiger partial charge in [-0.15, -0.1) is 11.6 Å². The third kappa shape index (κ3) is 3.22. The molecule has 3 nitrogen and oxygen atoms in total. The van der Waals surface area contributed by atoms with E-state index in [9.17, 15) is 0 Å². The molecule has 0 bridgehead atoms. The summed E-state index contributed by atoms with van der Waals surface area (Å²) in [5.74, 6) is 2.73. The standard InChI is InChI=1S/C11H16ClNO.CH4O/c1-8-10(7-12)14-11(13-8)9-5-3-2-4-6-9;1-2/h9H,2-7H2,1H3;2H,1H3. The van der Waals surface area contributed by atoms with Crippen molar-refractivity contribution in [1.29, 1.82) is 0 Å². The number of halogens is 1. The van der Waals surface area contributed by atoms with E-state index in [1.165, 1.54) is 32.1 Å². The van der Waals surface area contributed by atoms with Crippen molar-refractivity contribution in [1.82, 2.24) is 4.98 Å². The lowest BCUT2D eigenvalue weighted by Gasteiger charge is -2.17. The minimum absolute atomic E-state index is 0.436. The molecule has 2 rings (SSSR count). The number of aromatic nitrogens is 1. The molecule has 1 aliphatic rings. The van der Waals surface area contributed by atoms with Crippen molar-refractivity contribution in [2.75, 3.05) is 7.11 Å². The number of nitrogens with zero attached hydrogens (tertiary/aromatic N) is 1. The summed E-state index contributed by atoms with van der Waals surface area (Å²) < 4.78 is 5.66. The zero-order valence-electron chi connectivity index (χ0n) is 10.0. The van der Waals surface area contributed by atoms with Crippen LogP contribution in [0.4, 0.5) is 0 Å². The largest absolute Gasteiger partial charge is 0.444 e.